The molecule has 0 heterocycles. The molecule has 1 aliphatic rings. The Kier molecular flexibility index (Phi) is 13.1. The van der Waals surface area contributed by atoms with Crippen molar-refractivity contribution in [2.45, 2.75) is 97.0 Å². The Labute approximate surface area is 234 Å². The normalized spacial score (nSPS) is 17.7. The van der Waals surface area contributed by atoms with E-state index < -0.39 is 5.97 Å². The van der Waals surface area contributed by atoms with Crippen LogP contribution in [0, 0.1) is 11.8 Å². The van der Waals surface area contributed by atoms with Crippen LogP contribution in [0.1, 0.15) is 112 Å². The van der Waals surface area contributed by atoms with E-state index in [9.17, 15) is 9.59 Å². The highest BCUT2D eigenvalue weighted by atomic mass is 16.5. The zero-order valence-corrected chi connectivity index (χ0v) is 23.9. The molecule has 39 heavy (non-hydrogen) atoms. The highest BCUT2D eigenvalue weighted by molar-refractivity contribution is 5.92. The molecule has 1 aliphatic carbocycles. The van der Waals surface area contributed by atoms with Gasteiger partial charge in [0.05, 0.1) is 17.7 Å². The van der Waals surface area contributed by atoms with Gasteiger partial charge in [-0.05, 0) is 105 Å². The first-order chi connectivity index (χ1) is 19.0. The van der Waals surface area contributed by atoms with E-state index in [1.165, 1.54) is 38.5 Å². The topological polar surface area (TPSA) is 61.8 Å². The summed E-state index contributed by atoms with van der Waals surface area (Å²) in [6.45, 7) is 9.00. The fourth-order valence-electron chi connectivity index (χ4n) is 4.99. The minimum absolute atomic E-state index is 0.0211. The predicted octanol–water partition coefficient (Wildman–Crippen LogP) is 8.96. The lowest BCUT2D eigenvalue weighted by molar-refractivity contribution is 0.0161. The van der Waals surface area contributed by atoms with Crippen LogP contribution in [0.2, 0.25) is 0 Å². The first-order valence-corrected chi connectivity index (χ1v) is 14.9. The lowest BCUT2D eigenvalue weighted by Gasteiger charge is -2.28. The summed E-state index contributed by atoms with van der Waals surface area (Å²) in [5.41, 5.74) is 0.906. The standard InChI is InChI=1S/C34H46O5/c1-4-6-8-12-27-13-19-31(20-14-27)38-34(36)29-17-23-32(24-18-29)39-33(35)28-15-21-30(22-16-28)37-25-10-7-9-11-26(3)5-2/h4,15-18,21-24,26-27,31H,1,5-14,19-20,25H2,2-3H3/t26-,27?,31?/m0/s1. The van der Waals surface area contributed by atoms with Crippen molar-refractivity contribution in [1.82, 2.24) is 0 Å². The molecule has 0 amide bonds. The maximum absolute atomic E-state index is 12.6. The zero-order chi connectivity index (χ0) is 27.9. The first-order valence-electron chi connectivity index (χ1n) is 14.9. The third-order valence-electron chi connectivity index (χ3n) is 7.79. The number of ether oxygens (including phenoxy) is 3. The van der Waals surface area contributed by atoms with Crippen LogP contribution >= 0.6 is 0 Å². The quantitative estimate of drug-likeness (QED) is 0.0931. The van der Waals surface area contributed by atoms with Crippen molar-refractivity contribution in [2.75, 3.05) is 6.61 Å². The Balaban J connectivity index is 1.37. The van der Waals surface area contributed by atoms with E-state index >= 15 is 0 Å². The maximum atomic E-state index is 12.6. The number of rotatable bonds is 16. The van der Waals surface area contributed by atoms with Gasteiger partial charge in [-0.15, -0.1) is 6.58 Å². The Bertz CT molecular complexity index is 1000. The van der Waals surface area contributed by atoms with Crippen LogP contribution in [0.5, 0.6) is 11.5 Å². The van der Waals surface area contributed by atoms with E-state index in [1.54, 1.807) is 48.5 Å². The molecule has 0 saturated heterocycles. The van der Waals surface area contributed by atoms with Crippen LogP contribution in [0.4, 0.5) is 0 Å². The van der Waals surface area contributed by atoms with Crippen molar-refractivity contribution >= 4 is 11.9 Å². The van der Waals surface area contributed by atoms with Crippen molar-refractivity contribution in [1.29, 1.82) is 0 Å². The summed E-state index contributed by atoms with van der Waals surface area (Å²) in [5.74, 6) is 1.88. The molecule has 0 unspecified atom stereocenters. The minimum Gasteiger partial charge on any atom is -0.494 e. The summed E-state index contributed by atoms with van der Waals surface area (Å²) in [6, 6.07) is 13.6. The highest BCUT2D eigenvalue weighted by Gasteiger charge is 2.24. The number of carbonyl (C=O) groups is 2. The van der Waals surface area contributed by atoms with Crippen LogP contribution in [0.3, 0.4) is 0 Å². The van der Waals surface area contributed by atoms with Crippen LogP contribution in [-0.2, 0) is 4.74 Å². The SMILES string of the molecule is C=CCCCC1CCC(OC(=O)c2ccc(OC(=O)c3ccc(OCCCCC[C@@H](C)CC)cc3)cc2)CC1. The van der Waals surface area contributed by atoms with Crippen molar-refractivity contribution < 1.29 is 23.8 Å². The number of benzene rings is 2. The van der Waals surface area contributed by atoms with E-state index in [1.807, 2.05) is 6.08 Å². The van der Waals surface area contributed by atoms with Gasteiger partial charge in [-0.1, -0.05) is 52.0 Å². The van der Waals surface area contributed by atoms with Gasteiger partial charge in [0.2, 0.25) is 0 Å². The smallest absolute Gasteiger partial charge is 0.343 e. The molecule has 1 atom stereocenters. The van der Waals surface area contributed by atoms with Crippen LogP contribution in [-0.4, -0.2) is 24.6 Å². The van der Waals surface area contributed by atoms with Gasteiger partial charge in [-0.2, -0.15) is 0 Å². The van der Waals surface area contributed by atoms with E-state index in [-0.39, 0.29) is 12.1 Å². The van der Waals surface area contributed by atoms with Gasteiger partial charge in [0.25, 0.3) is 0 Å². The second-order valence-corrected chi connectivity index (χ2v) is 10.9. The molecule has 2 aromatic carbocycles. The molecule has 5 nitrogen and oxygen atoms in total. The van der Waals surface area contributed by atoms with E-state index in [4.69, 9.17) is 14.2 Å². The molecule has 0 spiro atoms. The number of hydrogen-bond acceptors (Lipinski definition) is 5. The number of allylic oxidation sites excluding steroid dienone is 1. The molecule has 5 heteroatoms. The van der Waals surface area contributed by atoms with Gasteiger partial charge in [0.15, 0.2) is 0 Å². The Morgan fingerprint density at radius 2 is 1.51 bits per heavy atom. The number of hydrogen-bond donors (Lipinski definition) is 0. The van der Waals surface area contributed by atoms with E-state index in [2.05, 4.69) is 20.4 Å². The van der Waals surface area contributed by atoms with Gasteiger partial charge < -0.3 is 14.2 Å². The largest absolute Gasteiger partial charge is 0.494 e. The van der Waals surface area contributed by atoms with Gasteiger partial charge in [0, 0.05) is 0 Å². The average molecular weight is 535 g/mol. The molecule has 3 rings (SSSR count). The number of unbranched alkanes of at least 4 members (excludes halogenated alkanes) is 3. The van der Waals surface area contributed by atoms with Gasteiger partial charge >= 0.3 is 11.9 Å². The molecule has 0 radical (unpaired) electrons. The fourth-order valence-corrected chi connectivity index (χ4v) is 4.99. The summed E-state index contributed by atoms with van der Waals surface area (Å²) in [7, 11) is 0. The molecule has 0 bridgehead atoms. The van der Waals surface area contributed by atoms with Crippen molar-refractivity contribution in [3.63, 3.8) is 0 Å². The van der Waals surface area contributed by atoms with Crippen molar-refractivity contribution in [3.8, 4) is 11.5 Å². The van der Waals surface area contributed by atoms with Gasteiger partial charge in [-0.25, -0.2) is 9.59 Å². The number of esters is 2. The van der Waals surface area contributed by atoms with Crippen LogP contribution < -0.4 is 9.47 Å². The molecule has 0 N–H and O–H groups in total. The summed E-state index contributed by atoms with van der Waals surface area (Å²) < 4.78 is 17.0. The van der Waals surface area contributed by atoms with E-state index in [0.717, 1.165) is 56.1 Å². The van der Waals surface area contributed by atoms with E-state index in [0.29, 0.717) is 23.5 Å². The second kappa shape index (κ2) is 16.8. The molecule has 0 aliphatic heterocycles. The predicted molar refractivity (Wildman–Crippen MR) is 156 cm³/mol. The summed E-state index contributed by atoms with van der Waals surface area (Å²) in [4.78, 5) is 25.2. The summed E-state index contributed by atoms with van der Waals surface area (Å²) >= 11 is 0. The van der Waals surface area contributed by atoms with Crippen LogP contribution in [0.15, 0.2) is 61.2 Å². The van der Waals surface area contributed by atoms with Gasteiger partial charge in [0.1, 0.15) is 17.6 Å². The lowest BCUT2D eigenvalue weighted by atomic mass is 9.84. The lowest BCUT2D eigenvalue weighted by Crippen LogP contribution is -2.24. The van der Waals surface area contributed by atoms with Crippen molar-refractivity contribution in [3.05, 3.63) is 72.3 Å². The zero-order valence-electron chi connectivity index (χ0n) is 23.9. The minimum atomic E-state index is -0.452. The molecule has 2 aromatic rings. The molecular formula is C34H46O5. The second-order valence-electron chi connectivity index (χ2n) is 10.9. The molecule has 212 valence electrons. The first kappa shape index (κ1) is 30.5. The Morgan fingerprint density at radius 1 is 0.872 bits per heavy atom. The molecular weight excluding hydrogens is 488 g/mol. The fraction of sp³-hybridized carbons (Fsp3) is 0.529. The average Bonchev–Trinajstić information content (AvgIpc) is 2.96. The monoisotopic (exact) mass is 534 g/mol. The summed E-state index contributed by atoms with van der Waals surface area (Å²) in [6.07, 6.45) is 15.4. The summed E-state index contributed by atoms with van der Waals surface area (Å²) in [5, 5.41) is 0. The maximum Gasteiger partial charge on any atom is 0.343 e. The Hall–Kier alpha value is -3.08. The highest BCUT2D eigenvalue weighted by Crippen LogP contribution is 2.30. The molecule has 1 saturated carbocycles. The Morgan fingerprint density at radius 3 is 2.15 bits per heavy atom. The third kappa shape index (κ3) is 10.9. The number of carbonyl (C=O) groups excluding carboxylic acids is 2. The van der Waals surface area contributed by atoms with Crippen molar-refractivity contribution in [2.24, 2.45) is 11.8 Å². The van der Waals surface area contributed by atoms with Gasteiger partial charge in [-0.3, -0.25) is 0 Å². The van der Waals surface area contributed by atoms with Crippen LogP contribution in [0.25, 0.3) is 0 Å². The third-order valence-corrected chi connectivity index (χ3v) is 7.79. The molecule has 0 aromatic heterocycles. The molecule has 1 fully saturated rings.